The van der Waals surface area contributed by atoms with Crippen molar-refractivity contribution in [2.24, 2.45) is 0 Å². The van der Waals surface area contributed by atoms with Crippen LogP contribution < -0.4 is 10.2 Å². The van der Waals surface area contributed by atoms with Gasteiger partial charge in [0.1, 0.15) is 0 Å². The molecule has 2 aliphatic rings. The number of nitrogens with zero attached hydrogens (tertiary/aromatic N) is 2. The maximum atomic E-state index is 12.5. The number of hydrogen-bond donors (Lipinski definition) is 1. The molecule has 0 unspecified atom stereocenters. The summed E-state index contributed by atoms with van der Waals surface area (Å²) in [5, 5.41) is 3.45. The Hall–Kier alpha value is -1.39. The number of carbonyl (C=O) groups excluding carboxylic acids is 1. The largest absolute Gasteiger partial charge is 0.311 e. The Morgan fingerprint density at radius 1 is 1.24 bits per heavy atom. The molecule has 4 nitrogen and oxygen atoms in total. The maximum Gasteiger partial charge on any atom is 0.240 e. The van der Waals surface area contributed by atoms with Crippen molar-refractivity contribution in [3.63, 3.8) is 0 Å². The number of hydrogen-bond acceptors (Lipinski definition) is 3. The first-order valence-electron chi connectivity index (χ1n) is 8.04. The molecular formula is C17H25N3O. The van der Waals surface area contributed by atoms with E-state index < -0.39 is 0 Å². The smallest absolute Gasteiger partial charge is 0.240 e. The minimum absolute atomic E-state index is 0.209. The Balaban J connectivity index is 1.57. The van der Waals surface area contributed by atoms with E-state index in [1.165, 1.54) is 5.56 Å². The quantitative estimate of drug-likeness (QED) is 0.918. The highest BCUT2D eigenvalue weighted by Gasteiger charge is 2.23. The van der Waals surface area contributed by atoms with Crippen LogP contribution in [-0.4, -0.2) is 50.1 Å². The Morgan fingerprint density at radius 3 is 2.81 bits per heavy atom. The van der Waals surface area contributed by atoms with E-state index in [-0.39, 0.29) is 5.91 Å². The molecule has 1 saturated heterocycles. The zero-order valence-corrected chi connectivity index (χ0v) is 12.8. The number of nitrogens with one attached hydrogen (secondary N) is 1. The van der Waals surface area contributed by atoms with Gasteiger partial charge in [-0.2, -0.15) is 0 Å². The molecule has 1 aromatic carbocycles. The lowest BCUT2D eigenvalue weighted by atomic mass is 10.0. The minimum atomic E-state index is 0.209. The van der Waals surface area contributed by atoms with Crippen LogP contribution in [0.25, 0.3) is 0 Å². The molecule has 1 amide bonds. The number of aryl methyl sites for hydroxylation is 1. The fourth-order valence-electron chi connectivity index (χ4n) is 3.33. The zero-order chi connectivity index (χ0) is 14.7. The van der Waals surface area contributed by atoms with Gasteiger partial charge in [0.05, 0.1) is 6.54 Å². The summed E-state index contributed by atoms with van der Waals surface area (Å²) in [7, 11) is 2.16. The molecule has 1 aromatic rings. The molecule has 3 rings (SSSR count). The Bertz CT molecular complexity index is 495. The second-order valence-electron chi connectivity index (χ2n) is 6.24. The number of rotatable bonds is 3. The second kappa shape index (κ2) is 6.58. The molecule has 114 valence electrons. The van der Waals surface area contributed by atoms with Crippen LogP contribution in [0.5, 0.6) is 0 Å². The van der Waals surface area contributed by atoms with Crippen LogP contribution in [0.3, 0.4) is 0 Å². The van der Waals surface area contributed by atoms with Crippen molar-refractivity contribution in [2.75, 3.05) is 38.1 Å². The lowest BCUT2D eigenvalue weighted by molar-refractivity contribution is -0.118. The van der Waals surface area contributed by atoms with Gasteiger partial charge in [-0.3, -0.25) is 4.79 Å². The predicted molar refractivity (Wildman–Crippen MR) is 85.6 cm³/mol. The maximum absolute atomic E-state index is 12.5. The van der Waals surface area contributed by atoms with Gasteiger partial charge >= 0.3 is 0 Å². The van der Waals surface area contributed by atoms with Gasteiger partial charge in [0.2, 0.25) is 5.91 Å². The second-order valence-corrected chi connectivity index (χ2v) is 6.24. The van der Waals surface area contributed by atoms with Crippen molar-refractivity contribution in [2.45, 2.75) is 31.7 Å². The Labute approximate surface area is 127 Å². The molecule has 21 heavy (non-hydrogen) atoms. The number of carbonyl (C=O) groups is 1. The van der Waals surface area contributed by atoms with Gasteiger partial charge in [0.25, 0.3) is 0 Å². The van der Waals surface area contributed by atoms with Crippen molar-refractivity contribution in [1.29, 1.82) is 0 Å². The number of piperidine rings is 1. The third kappa shape index (κ3) is 3.44. The molecule has 2 heterocycles. The summed E-state index contributed by atoms with van der Waals surface area (Å²) < 4.78 is 0. The SMILES string of the molecule is CN1CCC(NCC(=O)N2CCCc3ccccc32)CC1. The van der Waals surface area contributed by atoms with Gasteiger partial charge in [0, 0.05) is 18.3 Å². The first kappa shape index (κ1) is 14.5. The van der Waals surface area contributed by atoms with Crippen LogP contribution in [0.2, 0.25) is 0 Å². The molecule has 0 aromatic heterocycles. The number of amides is 1. The number of benzene rings is 1. The molecule has 1 N–H and O–H groups in total. The molecule has 0 saturated carbocycles. The Morgan fingerprint density at radius 2 is 2.00 bits per heavy atom. The molecule has 0 bridgehead atoms. The fraction of sp³-hybridized carbons (Fsp3) is 0.588. The van der Waals surface area contributed by atoms with Crippen molar-refractivity contribution in [3.8, 4) is 0 Å². The van der Waals surface area contributed by atoms with Gasteiger partial charge in [-0.1, -0.05) is 18.2 Å². The third-order valence-electron chi connectivity index (χ3n) is 4.67. The summed E-state index contributed by atoms with van der Waals surface area (Å²) in [5.74, 6) is 0.209. The summed E-state index contributed by atoms with van der Waals surface area (Å²) >= 11 is 0. The topological polar surface area (TPSA) is 35.6 Å². The van der Waals surface area contributed by atoms with Crippen LogP contribution in [0.1, 0.15) is 24.8 Å². The summed E-state index contributed by atoms with van der Waals surface area (Å²) in [6.45, 7) is 3.56. The summed E-state index contributed by atoms with van der Waals surface area (Å²) in [4.78, 5) is 16.8. The average molecular weight is 287 g/mol. The van der Waals surface area contributed by atoms with E-state index in [2.05, 4.69) is 35.5 Å². The monoisotopic (exact) mass is 287 g/mol. The van der Waals surface area contributed by atoms with Crippen molar-refractivity contribution >= 4 is 11.6 Å². The standard InChI is InChI=1S/C17H25N3O/c1-19-11-8-15(9-12-19)18-13-17(21)20-10-4-6-14-5-2-3-7-16(14)20/h2-3,5,7,15,18H,4,6,8-13H2,1H3. The molecular weight excluding hydrogens is 262 g/mol. The van der Waals surface area contributed by atoms with E-state index in [4.69, 9.17) is 0 Å². The van der Waals surface area contributed by atoms with Crippen LogP contribution in [0.4, 0.5) is 5.69 Å². The summed E-state index contributed by atoms with van der Waals surface area (Å²) in [5.41, 5.74) is 2.41. The summed E-state index contributed by atoms with van der Waals surface area (Å²) in [6, 6.07) is 8.78. The Kier molecular flexibility index (Phi) is 4.56. The normalized spacial score (nSPS) is 20.3. The highest BCUT2D eigenvalue weighted by molar-refractivity contribution is 5.95. The van der Waals surface area contributed by atoms with Crippen LogP contribution in [0, 0.1) is 0 Å². The lowest BCUT2D eigenvalue weighted by Crippen LogP contribution is -2.46. The highest BCUT2D eigenvalue weighted by atomic mass is 16.2. The molecule has 4 heteroatoms. The molecule has 2 aliphatic heterocycles. The van der Waals surface area contributed by atoms with Gasteiger partial charge < -0.3 is 15.1 Å². The van der Waals surface area contributed by atoms with Crippen molar-refractivity contribution < 1.29 is 4.79 Å². The first-order chi connectivity index (χ1) is 10.2. The van der Waals surface area contributed by atoms with Crippen LogP contribution in [-0.2, 0) is 11.2 Å². The van der Waals surface area contributed by atoms with E-state index in [1.54, 1.807) is 0 Å². The summed E-state index contributed by atoms with van der Waals surface area (Å²) in [6.07, 6.45) is 4.43. The number of fused-ring (bicyclic) bond motifs is 1. The van der Waals surface area contributed by atoms with E-state index >= 15 is 0 Å². The van der Waals surface area contributed by atoms with Crippen molar-refractivity contribution in [3.05, 3.63) is 29.8 Å². The van der Waals surface area contributed by atoms with E-state index in [0.29, 0.717) is 12.6 Å². The molecule has 0 aliphatic carbocycles. The van der Waals surface area contributed by atoms with E-state index in [9.17, 15) is 4.79 Å². The lowest BCUT2D eigenvalue weighted by Gasteiger charge is -2.32. The van der Waals surface area contributed by atoms with Crippen LogP contribution >= 0.6 is 0 Å². The minimum Gasteiger partial charge on any atom is -0.311 e. The van der Waals surface area contributed by atoms with Crippen LogP contribution in [0.15, 0.2) is 24.3 Å². The average Bonchev–Trinajstić information content (AvgIpc) is 2.53. The molecule has 1 fully saturated rings. The zero-order valence-electron chi connectivity index (χ0n) is 12.8. The first-order valence-corrected chi connectivity index (χ1v) is 8.04. The van der Waals surface area contributed by atoms with Gasteiger partial charge in [-0.15, -0.1) is 0 Å². The third-order valence-corrected chi connectivity index (χ3v) is 4.67. The number of likely N-dealkylation sites (tertiary alicyclic amines) is 1. The fourth-order valence-corrected chi connectivity index (χ4v) is 3.33. The predicted octanol–water partition coefficient (Wildman–Crippen LogP) is 1.65. The van der Waals surface area contributed by atoms with Gasteiger partial charge in [-0.25, -0.2) is 0 Å². The van der Waals surface area contributed by atoms with Gasteiger partial charge in [-0.05, 0) is 57.5 Å². The molecule has 0 atom stereocenters. The molecule has 0 radical (unpaired) electrons. The number of anilines is 1. The van der Waals surface area contributed by atoms with Gasteiger partial charge in [0.15, 0.2) is 0 Å². The molecule has 0 spiro atoms. The van der Waals surface area contributed by atoms with E-state index in [1.807, 2.05) is 11.0 Å². The highest BCUT2D eigenvalue weighted by Crippen LogP contribution is 2.26. The van der Waals surface area contributed by atoms with E-state index in [0.717, 1.165) is 51.0 Å². The number of para-hydroxylation sites is 1. The van der Waals surface area contributed by atoms with Crippen molar-refractivity contribution in [1.82, 2.24) is 10.2 Å².